The van der Waals surface area contributed by atoms with E-state index in [9.17, 15) is 4.79 Å². The average Bonchev–Trinajstić information content (AvgIpc) is 2.62. The molecule has 2 atom stereocenters. The standard InChI is InChI=1S/C18H23ClN4O3/c1-11(21-18(24)15-8-9-17(19)23-22-15)4-5-12(2)26-13-6-7-14(20)16(10-13)25-3/h6-12H,4-5,20H2,1-3H3,(H,21,24)/t11-,12-/m0/s1. The molecule has 0 aliphatic carbocycles. The molecule has 1 aromatic carbocycles. The smallest absolute Gasteiger partial charge is 0.272 e. The van der Waals surface area contributed by atoms with E-state index >= 15 is 0 Å². The van der Waals surface area contributed by atoms with Gasteiger partial charge in [0.25, 0.3) is 5.91 Å². The molecule has 0 aliphatic heterocycles. The molecular weight excluding hydrogens is 356 g/mol. The molecule has 0 radical (unpaired) electrons. The van der Waals surface area contributed by atoms with Gasteiger partial charge in [0.15, 0.2) is 10.8 Å². The SMILES string of the molecule is COc1cc(O[C@@H](C)CC[C@H](C)NC(=O)c2ccc(Cl)nn2)ccc1N. The highest BCUT2D eigenvalue weighted by molar-refractivity contribution is 6.29. The molecule has 0 fully saturated rings. The van der Waals surface area contributed by atoms with E-state index in [0.29, 0.717) is 17.2 Å². The van der Waals surface area contributed by atoms with Crippen molar-refractivity contribution in [3.8, 4) is 11.5 Å². The number of amides is 1. The normalized spacial score (nSPS) is 12.9. The first-order valence-electron chi connectivity index (χ1n) is 8.29. The lowest BCUT2D eigenvalue weighted by molar-refractivity contribution is 0.0928. The number of ether oxygens (including phenoxy) is 2. The fourth-order valence-electron chi connectivity index (χ4n) is 2.35. The number of hydrogen-bond donors (Lipinski definition) is 2. The van der Waals surface area contributed by atoms with Crippen LogP contribution in [0.1, 0.15) is 37.2 Å². The first-order valence-corrected chi connectivity index (χ1v) is 8.67. The Balaban J connectivity index is 1.80. The van der Waals surface area contributed by atoms with E-state index in [1.807, 2.05) is 13.8 Å². The Morgan fingerprint density at radius 2 is 2.00 bits per heavy atom. The zero-order chi connectivity index (χ0) is 19.1. The number of rotatable bonds is 8. The molecule has 140 valence electrons. The Morgan fingerprint density at radius 3 is 2.65 bits per heavy atom. The summed E-state index contributed by atoms with van der Waals surface area (Å²) in [6.45, 7) is 3.91. The minimum atomic E-state index is -0.279. The Labute approximate surface area is 157 Å². The van der Waals surface area contributed by atoms with Crippen molar-refractivity contribution in [3.63, 3.8) is 0 Å². The molecule has 0 saturated heterocycles. The van der Waals surface area contributed by atoms with Crippen LogP contribution in [0, 0.1) is 0 Å². The zero-order valence-corrected chi connectivity index (χ0v) is 15.8. The lowest BCUT2D eigenvalue weighted by Gasteiger charge is -2.19. The summed E-state index contributed by atoms with van der Waals surface area (Å²) < 4.78 is 11.1. The highest BCUT2D eigenvalue weighted by Crippen LogP contribution is 2.27. The summed E-state index contributed by atoms with van der Waals surface area (Å²) in [6, 6.07) is 8.35. The maximum absolute atomic E-state index is 12.1. The van der Waals surface area contributed by atoms with Crippen LogP contribution in [-0.2, 0) is 0 Å². The molecule has 0 aliphatic rings. The molecule has 1 aromatic heterocycles. The summed E-state index contributed by atoms with van der Waals surface area (Å²) in [7, 11) is 1.56. The maximum atomic E-state index is 12.1. The first kappa shape index (κ1) is 19.8. The van der Waals surface area contributed by atoms with E-state index in [1.165, 1.54) is 12.1 Å². The highest BCUT2D eigenvalue weighted by Gasteiger charge is 2.14. The molecule has 8 heteroatoms. The van der Waals surface area contributed by atoms with Gasteiger partial charge in [0.2, 0.25) is 0 Å². The molecule has 3 N–H and O–H groups in total. The minimum absolute atomic E-state index is 0.0296. The summed E-state index contributed by atoms with van der Waals surface area (Å²) in [5, 5.41) is 10.6. The van der Waals surface area contributed by atoms with E-state index in [2.05, 4.69) is 15.5 Å². The van der Waals surface area contributed by atoms with Gasteiger partial charge < -0.3 is 20.5 Å². The fourth-order valence-corrected chi connectivity index (χ4v) is 2.45. The van der Waals surface area contributed by atoms with Crippen molar-refractivity contribution < 1.29 is 14.3 Å². The number of benzene rings is 1. The van der Waals surface area contributed by atoms with Crippen LogP contribution >= 0.6 is 11.6 Å². The van der Waals surface area contributed by atoms with Gasteiger partial charge in [-0.25, -0.2) is 0 Å². The van der Waals surface area contributed by atoms with Gasteiger partial charge in [-0.15, -0.1) is 10.2 Å². The summed E-state index contributed by atoms with van der Waals surface area (Å²) in [5.74, 6) is 0.995. The number of nitrogens with zero attached hydrogens (tertiary/aromatic N) is 2. The second-order valence-electron chi connectivity index (χ2n) is 6.03. The predicted molar refractivity (Wildman–Crippen MR) is 101 cm³/mol. The number of halogens is 1. The molecule has 1 heterocycles. The van der Waals surface area contributed by atoms with E-state index in [0.717, 1.165) is 12.8 Å². The number of nitrogen functional groups attached to an aromatic ring is 1. The lowest BCUT2D eigenvalue weighted by atomic mass is 10.1. The number of hydrogen-bond acceptors (Lipinski definition) is 6. The molecule has 0 spiro atoms. The number of methoxy groups -OCH3 is 1. The number of nitrogens with one attached hydrogen (secondary N) is 1. The van der Waals surface area contributed by atoms with Crippen LogP contribution in [0.25, 0.3) is 0 Å². The van der Waals surface area contributed by atoms with Gasteiger partial charge >= 0.3 is 0 Å². The Morgan fingerprint density at radius 1 is 1.23 bits per heavy atom. The van der Waals surface area contributed by atoms with Crippen LogP contribution in [0.5, 0.6) is 11.5 Å². The van der Waals surface area contributed by atoms with E-state index < -0.39 is 0 Å². The fraction of sp³-hybridized carbons (Fsp3) is 0.389. The number of anilines is 1. The molecule has 7 nitrogen and oxygen atoms in total. The minimum Gasteiger partial charge on any atom is -0.494 e. The first-order chi connectivity index (χ1) is 12.4. The second-order valence-corrected chi connectivity index (χ2v) is 6.41. The third-order valence-electron chi connectivity index (χ3n) is 3.79. The van der Waals surface area contributed by atoms with Crippen LogP contribution < -0.4 is 20.5 Å². The average molecular weight is 379 g/mol. The van der Waals surface area contributed by atoms with E-state index in [4.69, 9.17) is 26.8 Å². The lowest BCUT2D eigenvalue weighted by Crippen LogP contribution is -2.34. The molecule has 2 aromatic rings. The third kappa shape index (κ3) is 5.77. The van der Waals surface area contributed by atoms with Crippen molar-refractivity contribution in [2.45, 2.75) is 38.8 Å². The van der Waals surface area contributed by atoms with Gasteiger partial charge in [-0.05, 0) is 51.0 Å². The van der Waals surface area contributed by atoms with Crippen LogP contribution in [0.15, 0.2) is 30.3 Å². The van der Waals surface area contributed by atoms with Crippen LogP contribution in [-0.4, -0.2) is 35.4 Å². The predicted octanol–water partition coefficient (Wildman–Crippen LogP) is 3.09. The Kier molecular flexibility index (Phi) is 7.03. The van der Waals surface area contributed by atoms with Crippen molar-refractivity contribution in [1.29, 1.82) is 0 Å². The zero-order valence-electron chi connectivity index (χ0n) is 15.0. The molecule has 0 saturated carbocycles. The highest BCUT2D eigenvalue weighted by atomic mass is 35.5. The number of nitrogens with two attached hydrogens (primary N) is 1. The van der Waals surface area contributed by atoms with Gasteiger partial charge in [0.1, 0.15) is 11.5 Å². The summed E-state index contributed by atoms with van der Waals surface area (Å²) in [5.41, 5.74) is 6.59. The van der Waals surface area contributed by atoms with Crippen molar-refractivity contribution in [1.82, 2.24) is 15.5 Å². The molecule has 2 rings (SSSR count). The van der Waals surface area contributed by atoms with E-state index in [1.54, 1.807) is 25.3 Å². The van der Waals surface area contributed by atoms with Gasteiger partial charge in [0, 0.05) is 12.1 Å². The van der Waals surface area contributed by atoms with Crippen LogP contribution in [0.3, 0.4) is 0 Å². The van der Waals surface area contributed by atoms with E-state index in [-0.39, 0.29) is 28.9 Å². The molecule has 1 amide bonds. The van der Waals surface area contributed by atoms with Crippen molar-refractivity contribution in [2.24, 2.45) is 0 Å². The third-order valence-corrected chi connectivity index (χ3v) is 3.99. The second kappa shape index (κ2) is 9.24. The Bertz CT molecular complexity index is 740. The summed E-state index contributed by atoms with van der Waals surface area (Å²) in [4.78, 5) is 12.1. The largest absolute Gasteiger partial charge is 0.494 e. The van der Waals surface area contributed by atoms with Gasteiger partial charge in [0.05, 0.1) is 18.9 Å². The van der Waals surface area contributed by atoms with Crippen molar-refractivity contribution in [3.05, 3.63) is 41.2 Å². The van der Waals surface area contributed by atoms with Crippen molar-refractivity contribution >= 4 is 23.2 Å². The molecule has 26 heavy (non-hydrogen) atoms. The number of carbonyl (C=O) groups is 1. The van der Waals surface area contributed by atoms with Crippen LogP contribution in [0.4, 0.5) is 5.69 Å². The van der Waals surface area contributed by atoms with Crippen LogP contribution in [0.2, 0.25) is 5.15 Å². The van der Waals surface area contributed by atoms with Crippen molar-refractivity contribution in [2.75, 3.05) is 12.8 Å². The Hall–Kier alpha value is -2.54. The number of carbonyl (C=O) groups excluding carboxylic acids is 1. The topological polar surface area (TPSA) is 99.4 Å². The van der Waals surface area contributed by atoms with Gasteiger partial charge in [-0.3, -0.25) is 4.79 Å². The molecular formula is C18H23ClN4O3. The number of aromatic nitrogens is 2. The summed E-state index contributed by atoms with van der Waals surface area (Å²) in [6.07, 6.45) is 1.48. The summed E-state index contributed by atoms with van der Waals surface area (Å²) >= 11 is 5.67. The van der Waals surface area contributed by atoms with Gasteiger partial charge in [-0.2, -0.15) is 0 Å². The molecule has 0 bridgehead atoms. The maximum Gasteiger partial charge on any atom is 0.272 e. The quantitative estimate of drug-likeness (QED) is 0.685. The molecule has 0 unspecified atom stereocenters. The monoisotopic (exact) mass is 378 g/mol. The van der Waals surface area contributed by atoms with Gasteiger partial charge in [-0.1, -0.05) is 11.6 Å².